The molecule has 0 saturated heterocycles. The van der Waals surface area contributed by atoms with E-state index >= 15 is 0 Å². The van der Waals surface area contributed by atoms with Crippen molar-refractivity contribution in [2.45, 2.75) is 44.1 Å². The molecule has 5 heteroatoms. The van der Waals surface area contributed by atoms with Crippen molar-refractivity contribution in [3.8, 4) is 0 Å². The Balaban J connectivity index is 1.65. The molecule has 1 aliphatic heterocycles. The Hall–Kier alpha value is -1.94. The van der Waals surface area contributed by atoms with Gasteiger partial charge in [0, 0.05) is 36.3 Å². The summed E-state index contributed by atoms with van der Waals surface area (Å²) < 4.78 is 0. The lowest BCUT2D eigenvalue weighted by molar-refractivity contribution is -0.138. The van der Waals surface area contributed by atoms with Crippen molar-refractivity contribution in [2.75, 3.05) is 6.54 Å². The van der Waals surface area contributed by atoms with Crippen molar-refractivity contribution in [3.05, 3.63) is 58.6 Å². The summed E-state index contributed by atoms with van der Waals surface area (Å²) in [5.41, 5.74) is 2.85. The number of aromatic nitrogens is 2. The summed E-state index contributed by atoms with van der Waals surface area (Å²) in [6.07, 6.45) is 8.27. The van der Waals surface area contributed by atoms with E-state index in [4.69, 9.17) is 11.6 Å². The van der Waals surface area contributed by atoms with Gasteiger partial charge in [-0.3, -0.25) is 4.79 Å². The van der Waals surface area contributed by atoms with Crippen LogP contribution in [0.25, 0.3) is 0 Å². The number of nitrogens with zero attached hydrogens (tertiary/aromatic N) is 3. The van der Waals surface area contributed by atoms with Gasteiger partial charge in [0.15, 0.2) is 0 Å². The third-order valence-electron chi connectivity index (χ3n) is 5.41. The summed E-state index contributed by atoms with van der Waals surface area (Å²) in [7, 11) is 0. The zero-order valence-corrected chi connectivity index (χ0v) is 14.3. The number of amides is 1. The Bertz CT molecular complexity index is 753. The van der Waals surface area contributed by atoms with E-state index in [2.05, 4.69) is 9.97 Å². The van der Waals surface area contributed by atoms with E-state index in [1.807, 2.05) is 35.4 Å². The Morgan fingerprint density at radius 1 is 1.17 bits per heavy atom. The SMILES string of the molecule is O=C(N1CCc2ncncc2C1)C1(c2ccc(Cl)cc2)CCCC1. The zero-order valence-electron chi connectivity index (χ0n) is 13.5. The Morgan fingerprint density at radius 3 is 2.67 bits per heavy atom. The molecule has 2 aromatic rings. The topological polar surface area (TPSA) is 46.1 Å². The Labute approximate surface area is 146 Å². The van der Waals surface area contributed by atoms with Crippen molar-refractivity contribution in [1.29, 1.82) is 0 Å². The number of halogens is 1. The second-order valence-electron chi connectivity index (χ2n) is 6.77. The van der Waals surface area contributed by atoms with Crippen LogP contribution >= 0.6 is 11.6 Å². The highest BCUT2D eigenvalue weighted by Gasteiger charge is 2.45. The summed E-state index contributed by atoms with van der Waals surface area (Å²) in [6.45, 7) is 1.35. The highest BCUT2D eigenvalue weighted by Crippen LogP contribution is 2.43. The van der Waals surface area contributed by atoms with E-state index in [1.54, 1.807) is 6.33 Å². The molecular formula is C19H20ClN3O. The van der Waals surface area contributed by atoms with E-state index in [0.717, 1.165) is 55.5 Å². The molecule has 1 fully saturated rings. The first-order valence-corrected chi connectivity index (χ1v) is 8.90. The molecule has 1 aliphatic carbocycles. The summed E-state index contributed by atoms with van der Waals surface area (Å²) in [5.74, 6) is 0.247. The molecule has 24 heavy (non-hydrogen) atoms. The third-order valence-corrected chi connectivity index (χ3v) is 5.66. The van der Waals surface area contributed by atoms with Gasteiger partial charge in [-0.05, 0) is 30.5 Å². The molecular weight excluding hydrogens is 322 g/mol. The van der Waals surface area contributed by atoms with Crippen LogP contribution in [-0.4, -0.2) is 27.3 Å². The van der Waals surface area contributed by atoms with Crippen LogP contribution in [0.15, 0.2) is 36.8 Å². The van der Waals surface area contributed by atoms with Gasteiger partial charge in [0.1, 0.15) is 6.33 Å². The van der Waals surface area contributed by atoms with Crippen LogP contribution in [0.3, 0.4) is 0 Å². The van der Waals surface area contributed by atoms with Gasteiger partial charge < -0.3 is 4.90 Å². The molecule has 1 aromatic heterocycles. The number of hydrogen-bond acceptors (Lipinski definition) is 3. The van der Waals surface area contributed by atoms with Gasteiger partial charge in [0.2, 0.25) is 5.91 Å². The van der Waals surface area contributed by atoms with Crippen LogP contribution in [0.2, 0.25) is 5.02 Å². The molecule has 2 aliphatic rings. The molecule has 1 saturated carbocycles. The Kier molecular flexibility index (Phi) is 4.01. The largest absolute Gasteiger partial charge is 0.337 e. The van der Waals surface area contributed by atoms with Crippen LogP contribution in [0.4, 0.5) is 0 Å². The summed E-state index contributed by atoms with van der Waals surface area (Å²) in [6, 6.07) is 7.83. The van der Waals surface area contributed by atoms with Gasteiger partial charge in [-0.15, -0.1) is 0 Å². The minimum atomic E-state index is -0.391. The summed E-state index contributed by atoms with van der Waals surface area (Å²) >= 11 is 6.04. The van der Waals surface area contributed by atoms with Crippen LogP contribution in [0.5, 0.6) is 0 Å². The summed E-state index contributed by atoms with van der Waals surface area (Å²) in [4.78, 5) is 23.9. The van der Waals surface area contributed by atoms with Crippen LogP contribution in [0, 0.1) is 0 Å². The molecule has 0 N–H and O–H groups in total. The maximum atomic E-state index is 13.5. The molecule has 0 radical (unpaired) electrons. The highest BCUT2D eigenvalue weighted by atomic mass is 35.5. The number of benzene rings is 1. The van der Waals surface area contributed by atoms with E-state index in [-0.39, 0.29) is 5.91 Å². The first-order chi connectivity index (χ1) is 11.7. The van der Waals surface area contributed by atoms with Crippen LogP contribution in [-0.2, 0) is 23.2 Å². The number of hydrogen-bond donors (Lipinski definition) is 0. The normalized spacial score (nSPS) is 19.1. The molecule has 4 rings (SSSR count). The maximum absolute atomic E-state index is 13.5. The lowest BCUT2D eigenvalue weighted by atomic mass is 9.77. The van der Waals surface area contributed by atoms with Gasteiger partial charge >= 0.3 is 0 Å². The smallest absolute Gasteiger partial charge is 0.233 e. The minimum absolute atomic E-state index is 0.247. The highest BCUT2D eigenvalue weighted by molar-refractivity contribution is 6.30. The average Bonchev–Trinajstić information content (AvgIpc) is 3.12. The zero-order chi connectivity index (χ0) is 16.6. The van der Waals surface area contributed by atoms with Crippen molar-refractivity contribution < 1.29 is 4.79 Å². The predicted octanol–water partition coefficient (Wildman–Crippen LogP) is 3.53. The Morgan fingerprint density at radius 2 is 1.92 bits per heavy atom. The first kappa shape index (κ1) is 15.6. The second kappa shape index (κ2) is 6.17. The van der Waals surface area contributed by atoms with Crippen LogP contribution < -0.4 is 0 Å². The fourth-order valence-corrected chi connectivity index (χ4v) is 4.24. The number of fused-ring (bicyclic) bond motifs is 1. The monoisotopic (exact) mass is 341 g/mol. The standard InChI is InChI=1S/C19H20ClN3O/c20-16-5-3-15(4-6-16)19(8-1-2-9-19)18(24)23-10-7-17-14(12-23)11-21-13-22-17/h3-6,11,13H,1-2,7-10,12H2. The predicted molar refractivity (Wildman–Crippen MR) is 92.8 cm³/mol. The number of rotatable bonds is 2. The van der Waals surface area contributed by atoms with Gasteiger partial charge in [0.25, 0.3) is 0 Å². The number of carbonyl (C=O) groups is 1. The molecule has 0 unspecified atom stereocenters. The fourth-order valence-electron chi connectivity index (χ4n) is 4.12. The lowest BCUT2D eigenvalue weighted by Gasteiger charge is -2.37. The van der Waals surface area contributed by atoms with E-state index < -0.39 is 5.41 Å². The van der Waals surface area contributed by atoms with Crippen molar-refractivity contribution in [2.24, 2.45) is 0 Å². The molecule has 1 aromatic carbocycles. The van der Waals surface area contributed by atoms with E-state index in [1.165, 1.54) is 0 Å². The van der Waals surface area contributed by atoms with Gasteiger partial charge in [-0.1, -0.05) is 36.6 Å². The minimum Gasteiger partial charge on any atom is -0.337 e. The molecule has 0 atom stereocenters. The van der Waals surface area contributed by atoms with E-state index in [0.29, 0.717) is 11.6 Å². The molecule has 0 spiro atoms. The first-order valence-electron chi connectivity index (χ1n) is 8.52. The second-order valence-corrected chi connectivity index (χ2v) is 7.20. The summed E-state index contributed by atoms with van der Waals surface area (Å²) in [5, 5.41) is 0.711. The lowest BCUT2D eigenvalue weighted by Crippen LogP contribution is -2.47. The van der Waals surface area contributed by atoms with Gasteiger partial charge in [-0.25, -0.2) is 9.97 Å². The maximum Gasteiger partial charge on any atom is 0.233 e. The quantitative estimate of drug-likeness (QED) is 0.839. The molecule has 124 valence electrons. The fraction of sp³-hybridized carbons (Fsp3) is 0.421. The van der Waals surface area contributed by atoms with Crippen molar-refractivity contribution in [1.82, 2.24) is 14.9 Å². The van der Waals surface area contributed by atoms with Crippen molar-refractivity contribution >= 4 is 17.5 Å². The van der Waals surface area contributed by atoms with Gasteiger partial charge in [0.05, 0.1) is 11.1 Å². The molecule has 0 bridgehead atoms. The molecule has 4 nitrogen and oxygen atoms in total. The number of carbonyl (C=O) groups excluding carboxylic acids is 1. The van der Waals surface area contributed by atoms with Gasteiger partial charge in [-0.2, -0.15) is 0 Å². The van der Waals surface area contributed by atoms with Crippen LogP contribution in [0.1, 0.15) is 42.5 Å². The third kappa shape index (κ3) is 2.59. The molecule has 1 amide bonds. The van der Waals surface area contributed by atoms with Crippen molar-refractivity contribution in [3.63, 3.8) is 0 Å². The average molecular weight is 342 g/mol. The van der Waals surface area contributed by atoms with E-state index in [9.17, 15) is 4.79 Å². The molecule has 2 heterocycles.